The highest BCUT2D eigenvalue weighted by Gasteiger charge is 2.21. The van der Waals surface area contributed by atoms with Gasteiger partial charge in [-0.2, -0.15) is 0 Å². The normalized spacial score (nSPS) is 15.3. The number of carbonyl (C=O) groups is 1. The minimum absolute atomic E-state index is 0.00929. The molecule has 0 amide bonds. The second-order valence-electron chi connectivity index (χ2n) is 6.46. The van der Waals surface area contributed by atoms with Gasteiger partial charge in [-0.25, -0.2) is 4.79 Å². The van der Waals surface area contributed by atoms with E-state index in [-0.39, 0.29) is 17.4 Å². The van der Waals surface area contributed by atoms with Gasteiger partial charge in [0.25, 0.3) is 0 Å². The maximum Gasteiger partial charge on any atom is 0.349 e. The molecule has 18 heavy (non-hydrogen) atoms. The van der Waals surface area contributed by atoms with E-state index >= 15 is 0 Å². The zero-order valence-electron chi connectivity index (χ0n) is 12.8. The van der Waals surface area contributed by atoms with Crippen molar-refractivity contribution < 1.29 is 9.53 Å². The Hall–Kier alpha value is -1.12. The Kier molecular flexibility index (Phi) is 6.30. The number of aliphatic imine (C=N–C) groups is 1. The summed E-state index contributed by atoms with van der Waals surface area (Å²) in [5.41, 5.74) is -0.482. The van der Waals surface area contributed by atoms with Gasteiger partial charge in [0.2, 0.25) is 0 Å². The lowest BCUT2D eigenvalue weighted by Crippen LogP contribution is -2.26. The first kappa shape index (κ1) is 16.9. The molecule has 0 heterocycles. The summed E-state index contributed by atoms with van der Waals surface area (Å²) in [4.78, 5) is 15.9. The summed E-state index contributed by atoms with van der Waals surface area (Å²) in [5.74, 6) is -0.387. The first-order valence-corrected chi connectivity index (χ1v) is 6.49. The Morgan fingerprint density at radius 3 is 2.17 bits per heavy atom. The molecular weight excluding hydrogens is 226 g/mol. The highest BCUT2D eigenvalue weighted by molar-refractivity contribution is 6.23. The highest BCUT2D eigenvalue weighted by atomic mass is 16.6. The number of esters is 1. The molecule has 0 saturated heterocycles. The van der Waals surface area contributed by atoms with Gasteiger partial charge in [-0.15, -0.1) is 0 Å². The molecule has 0 aliphatic rings. The van der Waals surface area contributed by atoms with Crippen molar-refractivity contribution in [3.63, 3.8) is 0 Å². The van der Waals surface area contributed by atoms with Gasteiger partial charge in [0, 0.05) is 0 Å². The molecular formula is C15H27NO2. The van der Waals surface area contributed by atoms with Crippen LogP contribution in [-0.2, 0) is 9.53 Å². The van der Waals surface area contributed by atoms with Crippen molar-refractivity contribution in [1.29, 1.82) is 0 Å². The summed E-state index contributed by atoms with van der Waals surface area (Å²) in [5, 5.41) is 0. The molecule has 0 N–H and O–H groups in total. The molecule has 0 saturated carbocycles. The van der Waals surface area contributed by atoms with Crippen molar-refractivity contribution in [2.75, 3.05) is 0 Å². The SMILES string of the molecule is CC/C=C\[C@H](N=CC(=O)OC(C)(C)C)C(C)(C)C. The molecule has 0 spiro atoms. The number of hydrogen-bond acceptors (Lipinski definition) is 3. The number of ether oxygens (including phenoxy) is 1. The van der Waals surface area contributed by atoms with Gasteiger partial charge in [-0.3, -0.25) is 4.99 Å². The number of nitrogens with zero attached hydrogens (tertiary/aromatic N) is 1. The van der Waals surface area contributed by atoms with E-state index < -0.39 is 5.60 Å². The van der Waals surface area contributed by atoms with Crippen molar-refractivity contribution in [2.45, 2.75) is 66.5 Å². The van der Waals surface area contributed by atoms with Crippen LogP contribution in [0, 0.1) is 5.41 Å². The first-order valence-electron chi connectivity index (χ1n) is 6.49. The summed E-state index contributed by atoms with van der Waals surface area (Å²) in [6.07, 6.45) is 6.37. The van der Waals surface area contributed by atoms with Crippen molar-refractivity contribution in [1.82, 2.24) is 0 Å². The number of hydrogen-bond donors (Lipinski definition) is 0. The topological polar surface area (TPSA) is 38.7 Å². The van der Waals surface area contributed by atoms with Crippen molar-refractivity contribution in [2.24, 2.45) is 10.4 Å². The van der Waals surface area contributed by atoms with Crippen LogP contribution in [0.2, 0.25) is 0 Å². The smallest absolute Gasteiger partial charge is 0.349 e. The molecule has 0 rings (SSSR count). The molecule has 0 unspecified atom stereocenters. The fourth-order valence-electron chi connectivity index (χ4n) is 1.30. The minimum Gasteiger partial charge on any atom is -0.456 e. The van der Waals surface area contributed by atoms with Crippen LogP contribution in [0.5, 0.6) is 0 Å². The van der Waals surface area contributed by atoms with E-state index in [1.807, 2.05) is 26.8 Å². The quantitative estimate of drug-likeness (QED) is 0.434. The third-order valence-corrected chi connectivity index (χ3v) is 2.19. The molecule has 3 nitrogen and oxygen atoms in total. The van der Waals surface area contributed by atoms with Gasteiger partial charge in [0.05, 0.1) is 6.04 Å². The lowest BCUT2D eigenvalue weighted by molar-refractivity contribution is -0.145. The average Bonchev–Trinajstić information content (AvgIpc) is 2.12. The average molecular weight is 253 g/mol. The standard InChI is InChI=1S/C15H27NO2/c1-8-9-10-12(14(2,3)4)16-11-13(17)18-15(5,6)7/h9-12H,8H2,1-7H3/b10-9-,16-11?/t12-/m0/s1. The predicted octanol–water partition coefficient (Wildman–Crippen LogP) is 3.78. The van der Waals surface area contributed by atoms with Crippen LogP contribution in [0.1, 0.15) is 54.9 Å². The van der Waals surface area contributed by atoms with Crippen LogP contribution in [-0.4, -0.2) is 23.8 Å². The molecule has 3 heteroatoms. The van der Waals surface area contributed by atoms with Crippen molar-refractivity contribution >= 4 is 12.2 Å². The molecule has 0 bridgehead atoms. The lowest BCUT2D eigenvalue weighted by Gasteiger charge is -2.24. The van der Waals surface area contributed by atoms with E-state index in [1.165, 1.54) is 6.21 Å². The summed E-state index contributed by atoms with van der Waals surface area (Å²) in [6.45, 7) is 13.9. The summed E-state index contributed by atoms with van der Waals surface area (Å²) in [6, 6.07) is -0.00929. The van der Waals surface area contributed by atoms with Gasteiger partial charge >= 0.3 is 5.97 Å². The van der Waals surface area contributed by atoms with Crippen LogP contribution in [0.25, 0.3) is 0 Å². The fraction of sp³-hybridized carbons (Fsp3) is 0.733. The van der Waals surface area contributed by atoms with E-state index in [2.05, 4.69) is 38.8 Å². The maximum atomic E-state index is 11.6. The van der Waals surface area contributed by atoms with Crippen molar-refractivity contribution in [3.05, 3.63) is 12.2 Å². The third-order valence-electron chi connectivity index (χ3n) is 2.19. The van der Waals surface area contributed by atoms with Gasteiger partial charge in [-0.1, -0.05) is 39.8 Å². The second kappa shape index (κ2) is 6.72. The number of allylic oxidation sites excluding steroid dienone is 1. The van der Waals surface area contributed by atoms with E-state index in [9.17, 15) is 4.79 Å². The van der Waals surface area contributed by atoms with Crippen molar-refractivity contribution in [3.8, 4) is 0 Å². The van der Waals surface area contributed by atoms with Crippen LogP contribution < -0.4 is 0 Å². The number of rotatable bonds is 4. The Balaban J connectivity index is 4.68. The van der Waals surface area contributed by atoms with Crippen LogP contribution in [0.3, 0.4) is 0 Å². The molecule has 0 aromatic carbocycles. The van der Waals surface area contributed by atoms with E-state index in [1.54, 1.807) is 0 Å². The minimum atomic E-state index is -0.473. The molecule has 0 aliphatic carbocycles. The van der Waals surface area contributed by atoms with Crippen LogP contribution >= 0.6 is 0 Å². The molecule has 0 fully saturated rings. The zero-order valence-corrected chi connectivity index (χ0v) is 12.8. The van der Waals surface area contributed by atoms with E-state index in [0.717, 1.165) is 6.42 Å². The third kappa shape index (κ3) is 8.04. The van der Waals surface area contributed by atoms with Gasteiger partial charge < -0.3 is 4.74 Å². The Labute approximate surface area is 111 Å². The second-order valence-corrected chi connectivity index (χ2v) is 6.46. The summed E-state index contributed by atoms with van der Waals surface area (Å²) in [7, 11) is 0. The molecule has 104 valence electrons. The molecule has 0 aromatic heterocycles. The molecule has 0 aliphatic heterocycles. The Morgan fingerprint density at radius 1 is 1.22 bits per heavy atom. The first-order chi connectivity index (χ1) is 8.06. The molecule has 0 radical (unpaired) electrons. The van der Waals surface area contributed by atoms with Gasteiger partial charge in [0.1, 0.15) is 11.8 Å². The molecule has 0 aromatic rings. The zero-order chi connectivity index (χ0) is 14.4. The lowest BCUT2D eigenvalue weighted by atomic mass is 9.87. The largest absolute Gasteiger partial charge is 0.456 e. The van der Waals surface area contributed by atoms with E-state index in [4.69, 9.17) is 4.74 Å². The van der Waals surface area contributed by atoms with Gasteiger partial charge in [0.15, 0.2) is 0 Å². The fourth-order valence-corrected chi connectivity index (χ4v) is 1.30. The van der Waals surface area contributed by atoms with Crippen LogP contribution in [0.4, 0.5) is 0 Å². The monoisotopic (exact) mass is 253 g/mol. The number of carbonyl (C=O) groups excluding carboxylic acids is 1. The highest BCUT2D eigenvalue weighted by Crippen LogP contribution is 2.23. The predicted molar refractivity (Wildman–Crippen MR) is 77.0 cm³/mol. The maximum absolute atomic E-state index is 11.6. The van der Waals surface area contributed by atoms with Gasteiger partial charge in [-0.05, 0) is 32.6 Å². The summed E-state index contributed by atoms with van der Waals surface area (Å²) >= 11 is 0. The molecule has 1 atom stereocenters. The summed E-state index contributed by atoms with van der Waals surface area (Å²) < 4.78 is 5.19. The van der Waals surface area contributed by atoms with Crippen LogP contribution in [0.15, 0.2) is 17.1 Å². The Bertz CT molecular complexity index is 316. The Morgan fingerprint density at radius 2 is 1.78 bits per heavy atom. The van der Waals surface area contributed by atoms with E-state index in [0.29, 0.717) is 0 Å².